The average molecular weight is 224 g/mol. The lowest BCUT2D eigenvalue weighted by molar-refractivity contribution is 0.0773. The molecule has 0 amide bonds. The Hall–Kier alpha value is -1.10. The van der Waals surface area contributed by atoms with Gasteiger partial charge < -0.3 is 15.6 Å². The minimum Gasteiger partial charge on any atom is -0.399 e. The summed E-state index contributed by atoms with van der Waals surface area (Å²) in [4.78, 5) is 2.17. The third kappa shape index (κ3) is 5.11. The van der Waals surface area contributed by atoms with Gasteiger partial charge in [-0.1, -0.05) is 12.1 Å². The van der Waals surface area contributed by atoms with Crippen molar-refractivity contribution in [1.29, 1.82) is 0 Å². The third-order valence-electron chi connectivity index (χ3n) is 2.29. The van der Waals surface area contributed by atoms with Crippen LogP contribution in [0, 0.1) is 0 Å². The lowest BCUT2D eigenvalue weighted by atomic mass is 10.2. The molecule has 3 N–H and O–H groups in total. The summed E-state index contributed by atoms with van der Waals surface area (Å²) in [6.45, 7) is 2.87. The Bertz CT molecular complexity index is 288. The van der Waals surface area contributed by atoms with Gasteiger partial charge in [0, 0.05) is 18.8 Å². The van der Waals surface area contributed by atoms with E-state index in [1.165, 1.54) is 5.56 Å². The molecule has 4 heteroatoms. The van der Waals surface area contributed by atoms with Crippen molar-refractivity contribution in [3.63, 3.8) is 0 Å². The van der Waals surface area contributed by atoms with E-state index in [1.54, 1.807) is 0 Å². The quantitative estimate of drug-likeness (QED) is 0.529. The normalized spacial score (nSPS) is 10.9. The fourth-order valence-corrected chi connectivity index (χ4v) is 1.40. The second-order valence-corrected chi connectivity index (χ2v) is 3.82. The number of benzene rings is 1. The zero-order chi connectivity index (χ0) is 11.8. The molecule has 1 rings (SSSR count). The van der Waals surface area contributed by atoms with E-state index in [4.69, 9.17) is 15.6 Å². The van der Waals surface area contributed by atoms with Crippen LogP contribution >= 0.6 is 0 Å². The smallest absolute Gasteiger partial charge is 0.0698 e. The molecular weight excluding hydrogens is 204 g/mol. The summed E-state index contributed by atoms with van der Waals surface area (Å²) in [7, 11) is 2.04. The summed E-state index contributed by atoms with van der Waals surface area (Å²) in [6.07, 6.45) is 0. The maximum Gasteiger partial charge on any atom is 0.0698 e. The Morgan fingerprint density at radius 1 is 1.25 bits per heavy atom. The minimum absolute atomic E-state index is 0.0850. The van der Waals surface area contributed by atoms with Crippen LogP contribution in [-0.2, 0) is 11.3 Å². The minimum atomic E-state index is 0.0850. The first kappa shape index (κ1) is 13.0. The van der Waals surface area contributed by atoms with E-state index in [9.17, 15) is 0 Å². The molecule has 4 nitrogen and oxygen atoms in total. The van der Waals surface area contributed by atoms with Crippen LogP contribution in [0.25, 0.3) is 0 Å². The summed E-state index contributed by atoms with van der Waals surface area (Å²) >= 11 is 0. The Morgan fingerprint density at radius 3 is 2.56 bits per heavy atom. The van der Waals surface area contributed by atoms with Gasteiger partial charge >= 0.3 is 0 Å². The number of rotatable bonds is 7. The van der Waals surface area contributed by atoms with E-state index in [0.717, 1.165) is 18.8 Å². The predicted molar refractivity (Wildman–Crippen MR) is 65.1 cm³/mol. The maximum absolute atomic E-state index is 8.54. The zero-order valence-electron chi connectivity index (χ0n) is 9.72. The molecule has 0 spiro atoms. The number of likely N-dealkylation sites (N-methyl/N-ethyl adjacent to an activating group) is 1. The Labute approximate surface area is 96.6 Å². The summed E-state index contributed by atoms with van der Waals surface area (Å²) in [5.41, 5.74) is 7.64. The molecule has 0 saturated carbocycles. The second-order valence-electron chi connectivity index (χ2n) is 3.82. The number of nitrogen functional groups attached to an aromatic ring is 1. The average Bonchev–Trinajstić information content (AvgIpc) is 2.28. The summed E-state index contributed by atoms with van der Waals surface area (Å²) < 4.78 is 5.20. The number of aliphatic hydroxyl groups is 1. The highest BCUT2D eigenvalue weighted by molar-refractivity contribution is 5.39. The molecule has 16 heavy (non-hydrogen) atoms. The van der Waals surface area contributed by atoms with Gasteiger partial charge in [-0.25, -0.2) is 0 Å². The van der Waals surface area contributed by atoms with Crippen LogP contribution in [0.15, 0.2) is 24.3 Å². The number of hydrogen-bond donors (Lipinski definition) is 2. The van der Waals surface area contributed by atoms with Crippen molar-refractivity contribution in [2.45, 2.75) is 6.54 Å². The fraction of sp³-hybridized carbons (Fsp3) is 0.500. The molecule has 1 aromatic rings. The molecule has 0 aliphatic rings. The number of nitrogens with zero attached hydrogens (tertiary/aromatic N) is 1. The summed E-state index contributed by atoms with van der Waals surface area (Å²) in [6, 6.07) is 7.87. The molecule has 0 radical (unpaired) electrons. The van der Waals surface area contributed by atoms with Gasteiger partial charge in [-0.15, -0.1) is 0 Å². The van der Waals surface area contributed by atoms with Crippen molar-refractivity contribution >= 4 is 5.69 Å². The van der Waals surface area contributed by atoms with Crippen molar-refractivity contribution in [2.24, 2.45) is 0 Å². The van der Waals surface area contributed by atoms with Gasteiger partial charge in [0.2, 0.25) is 0 Å². The molecule has 90 valence electrons. The molecule has 0 aromatic heterocycles. The van der Waals surface area contributed by atoms with Crippen LogP contribution in [0.1, 0.15) is 5.56 Å². The van der Waals surface area contributed by atoms with Crippen molar-refractivity contribution in [2.75, 3.05) is 39.1 Å². The van der Waals surface area contributed by atoms with Gasteiger partial charge in [0.15, 0.2) is 0 Å². The van der Waals surface area contributed by atoms with Crippen molar-refractivity contribution in [3.05, 3.63) is 29.8 Å². The van der Waals surface area contributed by atoms with Crippen LogP contribution in [0.2, 0.25) is 0 Å². The predicted octanol–water partition coefficient (Wildman–Crippen LogP) is 0.709. The number of ether oxygens (including phenoxy) is 1. The first-order chi connectivity index (χ1) is 7.72. The van der Waals surface area contributed by atoms with Crippen molar-refractivity contribution in [3.8, 4) is 0 Å². The van der Waals surface area contributed by atoms with Crippen LogP contribution in [0.3, 0.4) is 0 Å². The van der Waals surface area contributed by atoms with Crippen LogP contribution in [0.4, 0.5) is 5.69 Å². The van der Waals surface area contributed by atoms with Crippen LogP contribution in [0.5, 0.6) is 0 Å². The molecule has 0 aliphatic carbocycles. The van der Waals surface area contributed by atoms with Crippen molar-refractivity contribution < 1.29 is 9.84 Å². The van der Waals surface area contributed by atoms with Gasteiger partial charge in [0.05, 0.1) is 19.8 Å². The van der Waals surface area contributed by atoms with Gasteiger partial charge in [0.1, 0.15) is 0 Å². The standard InChI is InChI=1S/C12H20N2O2/c1-14(6-8-16-9-7-15)10-11-2-4-12(13)5-3-11/h2-5,15H,6-10,13H2,1H3. The Balaban J connectivity index is 2.23. The van der Waals surface area contributed by atoms with Crippen molar-refractivity contribution in [1.82, 2.24) is 4.90 Å². The van der Waals surface area contributed by atoms with Gasteiger partial charge in [-0.05, 0) is 24.7 Å². The van der Waals surface area contributed by atoms with E-state index < -0.39 is 0 Å². The highest BCUT2D eigenvalue weighted by Gasteiger charge is 1.99. The van der Waals surface area contributed by atoms with Gasteiger partial charge in [0.25, 0.3) is 0 Å². The molecule has 0 atom stereocenters. The molecule has 1 aromatic carbocycles. The second kappa shape index (κ2) is 7.22. The number of nitrogens with two attached hydrogens (primary N) is 1. The van der Waals surface area contributed by atoms with Gasteiger partial charge in [-0.2, -0.15) is 0 Å². The summed E-state index contributed by atoms with van der Waals surface area (Å²) in [5, 5.41) is 8.54. The topological polar surface area (TPSA) is 58.7 Å². The monoisotopic (exact) mass is 224 g/mol. The first-order valence-electron chi connectivity index (χ1n) is 5.44. The van der Waals surface area contributed by atoms with Crippen LogP contribution in [-0.4, -0.2) is 43.4 Å². The molecular formula is C12H20N2O2. The Kier molecular flexibility index (Phi) is 5.85. The molecule has 0 fully saturated rings. The molecule has 0 bridgehead atoms. The lowest BCUT2D eigenvalue weighted by Gasteiger charge is -2.16. The zero-order valence-corrected chi connectivity index (χ0v) is 9.72. The fourth-order valence-electron chi connectivity index (χ4n) is 1.40. The third-order valence-corrected chi connectivity index (χ3v) is 2.29. The van der Waals surface area contributed by atoms with Gasteiger partial charge in [-0.3, -0.25) is 4.90 Å². The molecule has 0 saturated heterocycles. The van der Waals surface area contributed by atoms with Crippen LogP contribution < -0.4 is 5.73 Å². The SMILES string of the molecule is CN(CCOCCO)Cc1ccc(N)cc1. The highest BCUT2D eigenvalue weighted by Crippen LogP contribution is 2.07. The largest absolute Gasteiger partial charge is 0.399 e. The first-order valence-corrected chi connectivity index (χ1v) is 5.44. The lowest BCUT2D eigenvalue weighted by Crippen LogP contribution is -2.23. The highest BCUT2D eigenvalue weighted by atomic mass is 16.5. The Morgan fingerprint density at radius 2 is 1.94 bits per heavy atom. The molecule has 0 unspecified atom stereocenters. The number of hydrogen-bond acceptors (Lipinski definition) is 4. The van der Waals surface area contributed by atoms with E-state index in [1.807, 2.05) is 31.3 Å². The summed E-state index contributed by atoms with van der Waals surface area (Å²) in [5.74, 6) is 0. The van der Waals surface area contributed by atoms with E-state index in [2.05, 4.69) is 4.90 Å². The van der Waals surface area contributed by atoms with E-state index >= 15 is 0 Å². The number of anilines is 1. The number of aliphatic hydroxyl groups excluding tert-OH is 1. The van der Waals surface area contributed by atoms with E-state index in [-0.39, 0.29) is 6.61 Å². The maximum atomic E-state index is 8.54. The molecule has 0 heterocycles. The molecule has 0 aliphatic heterocycles. The van der Waals surface area contributed by atoms with E-state index in [0.29, 0.717) is 13.2 Å².